The number of fused-ring (bicyclic) bond motifs is 2. The van der Waals surface area contributed by atoms with Crippen LogP contribution in [0.1, 0.15) is 94.2 Å². The lowest BCUT2D eigenvalue weighted by molar-refractivity contribution is -0.271. The van der Waals surface area contributed by atoms with E-state index in [1.165, 1.54) is 0 Å². The Balaban J connectivity index is 2.13. The third-order valence-electron chi connectivity index (χ3n) is 9.53. The summed E-state index contributed by atoms with van der Waals surface area (Å²) in [5, 5.41) is 30.4. The Kier molecular flexibility index (Phi) is 8.63. The van der Waals surface area contributed by atoms with Crippen molar-refractivity contribution in [1.82, 2.24) is 0 Å². The largest absolute Gasteiger partial charge is 0.872 e. The molecule has 0 bridgehead atoms. The second-order valence-electron chi connectivity index (χ2n) is 16.4. The molecule has 4 aromatic carbocycles. The maximum absolute atomic E-state index is 14.8. The summed E-state index contributed by atoms with van der Waals surface area (Å²) in [5.74, 6) is -0.515. The van der Waals surface area contributed by atoms with E-state index < -0.39 is 34.9 Å². The molecule has 0 spiro atoms. The summed E-state index contributed by atoms with van der Waals surface area (Å²) in [5.41, 5.74) is 1.63. The highest BCUT2D eigenvalue weighted by atomic mass is 31.2. The van der Waals surface area contributed by atoms with Crippen molar-refractivity contribution < 1.29 is 19.3 Å². The average molecular weight is 633 g/mol. The summed E-state index contributed by atoms with van der Waals surface area (Å²) in [4.78, 5) is 0. The Labute approximate surface area is 265 Å². The van der Waals surface area contributed by atoms with Gasteiger partial charge >= 0.3 is 0 Å². The molecule has 4 nitrogen and oxygen atoms in total. The third kappa shape index (κ3) is 5.67. The van der Waals surface area contributed by atoms with Crippen LogP contribution in [-0.2, 0) is 21.5 Å². The highest BCUT2D eigenvalue weighted by Gasteiger charge is 2.47. The number of benzene rings is 4. The van der Waals surface area contributed by atoms with E-state index in [1.807, 2.05) is 144 Å². The molecule has 0 radical (unpaired) electrons. The molecule has 0 fully saturated rings. The van der Waals surface area contributed by atoms with E-state index in [2.05, 4.69) is 0 Å². The summed E-state index contributed by atoms with van der Waals surface area (Å²) in [6.45, 7) is 23.8. The van der Waals surface area contributed by atoms with Crippen molar-refractivity contribution >= 4 is 35.8 Å². The fourth-order valence-electron chi connectivity index (χ4n) is 6.95. The van der Waals surface area contributed by atoms with Crippen LogP contribution in [0.25, 0.3) is 32.7 Å². The molecule has 0 saturated heterocycles. The molecular formula is C38H50O4P2-2. The van der Waals surface area contributed by atoms with E-state index in [4.69, 9.17) is 0 Å². The van der Waals surface area contributed by atoms with Gasteiger partial charge in [-0.2, -0.15) is 0 Å². The van der Waals surface area contributed by atoms with Crippen LogP contribution in [-0.4, -0.2) is 20.6 Å². The van der Waals surface area contributed by atoms with Crippen molar-refractivity contribution in [3.8, 4) is 22.6 Å². The van der Waals surface area contributed by atoms with Crippen molar-refractivity contribution in [3.05, 3.63) is 71.8 Å². The van der Waals surface area contributed by atoms with Gasteiger partial charge in [-0.15, -0.1) is 0 Å². The van der Waals surface area contributed by atoms with Gasteiger partial charge in [0, 0.05) is 32.9 Å². The molecule has 0 unspecified atom stereocenters. The lowest BCUT2D eigenvalue weighted by atomic mass is 9.89. The van der Waals surface area contributed by atoms with E-state index >= 15 is 0 Å². The standard InChI is InChI=1S/C38H52O4P2/c1-35(2,3)43(41,36(4,5)6)23-27-21-25-17-13-15-19-29(25)31(33(27)39)32-30-20-16-14-18-26(30)22-28(34(32)40)24-44(42,37(7,8)9)38(10,11)12/h13-22,39-40H,23-24H2,1-12H3/p-2. The molecule has 4 rings (SSSR count). The zero-order chi connectivity index (χ0) is 33.3. The van der Waals surface area contributed by atoms with E-state index in [0.29, 0.717) is 33.0 Å². The molecule has 0 N–H and O–H groups in total. The predicted octanol–water partition coefficient (Wildman–Crippen LogP) is 10.7. The van der Waals surface area contributed by atoms with Gasteiger partial charge in [0.15, 0.2) is 0 Å². The van der Waals surface area contributed by atoms with Crippen LogP contribution in [0, 0.1) is 0 Å². The van der Waals surface area contributed by atoms with Gasteiger partial charge in [-0.05, 0) is 43.8 Å². The van der Waals surface area contributed by atoms with Crippen molar-refractivity contribution in [2.75, 3.05) is 0 Å². The zero-order valence-corrected chi connectivity index (χ0v) is 30.5. The van der Waals surface area contributed by atoms with Crippen LogP contribution >= 0.6 is 14.3 Å². The van der Waals surface area contributed by atoms with Crippen molar-refractivity contribution in [1.29, 1.82) is 0 Å². The summed E-state index contributed by atoms with van der Waals surface area (Å²) in [6.07, 6.45) is 0.289. The third-order valence-corrected chi connectivity index (χ3v) is 19.8. The molecule has 44 heavy (non-hydrogen) atoms. The van der Waals surface area contributed by atoms with Gasteiger partial charge in [0.1, 0.15) is 14.3 Å². The van der Waals surface area contributed by atoms with Gasteiger partial charge in [-0.1, -0.05) is 155 Å². The Morgan fingerprint density at radius 1 is 0.500 bits per heavy atom. The number of rotatable bonds is 5. The van der Waals surface area contributed by atoms with Gasteiger partial charge in [0.25, 0.3) is 0 Å². The van der Waals surface area contributed by atoms with E-state index in [0.717, 1.165) is 10.8 Å². The molecule has 238 valence electrons. The van der Waals surface area contributed by atoms with E-state index in [-0.39, 0.29) is 23.8 Å². The Bertz CT molecular complexity index is 1650. The Morgan fingerprint density at radius 3 is 1.05 bits per heavy atom. The molecule has 0 saturated carbocycles. The van der Waals surface area contributed by atoms with E-state index in [1.54, 1.807) is 0 Å². The molecule has 0 aliphatic carbocycles. The average Bonchev–Trinajstić information content (AvgIpc) is 2.88. The molecule has 0 aliphatic heterocycles. The second kappa shape index (κ2) is 11.1. The fraction of sp³-hybridized carbons (Fsp3) is 0.474. The van der Waals surface area contributed by atoms with Crippen LogP contribution in [0.4, 0.5) is 0 Å². The monoisotopic (exact) mass is 632 g/mol. The number of hydrogen-bond donors (Lipinski definition) is 0. The molecular weight excluding hydrogens is 582 g/mol. The lowest BCUT2D eigenvalue weighted by Gasteiger charge is -2.42. The summed E-state index contributed by atoms with van der Waals surface area (Å²) >= 11 is 0. The predicted molar refractivity (Wildman–Crippen MR) is 187 cm³/mol. The van der Waals surface area contributed by atoms with E-state index in [9.17, 15) is 19.3 Å². The minimum absolute atomic E-state index is 0.145. The van der Waals surface area contributed by atoms with Gasteiger partial charge in [-0.25, -0.2) is 0 Å². The molecule has 0 aromatic heterocycles. The Hall–Kier alpha value is -2.54. The van der Waals surface area contributed by atoms with Crippen LogP contribution in [0.5, 0.6) is 11.5 Å². The topological polar surface area (TPSA) is 80.3 Å². The summed E-state index contributed by atoms with van der Waals surface area (Å²) in [7, 11) is -5.95. The molecule has 6 heteroatoms. The van der Waals surface area contributed by atoms with Crippen LogP contribution in [0.15, 0.2) is 60.7 Å². The normalized spacial score (nSPS) is 14.0. The zero-order valence-electron chi connectivity index (χ0n) is 28.7. The van der Waals surface area contributed by atoms with Crippen LogP contribution in [0.2, 0.25) is 0 Å². The van der Waals surface area contributed by atoms with Crippen molar-refractivity contribution in [2.24, 2.45) is 0 Å². The highest BCUT2D eigenvalue weighted by molar-refractivity contribution is 7.66. The first kappa shape index (κ1) is 34.3. The fourth-order valence-corrected chi connectivity index (χ4v) is 14.3. The van der Waals surface area contributed by atoms with Gasteiger partial charge in [-0.3, -0.25) is 0 Å². The molecule has 4 aromatic rings. The first-order valence-corrected chi connectivity index (χ1v) is 19.4. The first-order chi connectivity index (χ1) is 19.9. The Morgan fingerprint density at radius 2 is 0.773 bits per heavy atom. The minimum Gasteiger partial charge on any atom is -0.872 e. The van der Waals surface area contributed by atoms with Gasteiger partial charge < -0.3 is 19.3 Å². The molecule has 0 amide bonds. The SMILES string of the molecule is CC(C)(C)P(=O)(Cc1cc2ccccc2c(-c2c([O-])c(CP(=O)(C(C)(C)C)C(C)(C)C)cc3ccccc23)c1[O-])C(C)(C)C. The molecule has 0 heterocycles. The highest BCUT2D eigenvalue weighted by Crippen LogP contribution is 2.70. The van der Waals surface area contributed by atoms with Crippen molar-refractivity contribution in [2.45, 2.75) is 116 Å². The van der Waals surface area contributed by atoms with Gasteiger partial charge in [0.05, 0.1) is 0 Å². The number of hydrogen-bond acceptors (Lipinski definition) is 4. The van der Waals surface area contributed by atoms with Crippen LogP contribution in [0.3, 0.4) is 0 Å². The summed E-state index contributed by atoms with van der Waals surface area (Å²) < 4.78 is 29.6. The maximum atomic E-state index is 14.8. The smallest absolute Gasteiger partial charge is 0.102 e. The second-order valence-corrected chi connectivity index (χ2v) is 25.4. The van der Waals surface area contributed by atoms with Crippen molar-refractivity contribution in [3.63, 3.8) is 0 Å². The summed E-state index contributed by atoms with van der Waals surface area (Å²) in [6, 6.07) is 19.0. The quantitative estimate of drug-likeness (QED) is 0.205. The first-order valence-electron chi connectivity index (χ1n) is 15.6. The maximum Gasteiger partial charge on any atom is 0.102 e. The lowest BCUT2D eigenvalue weighted by Crippen LogP contribution is -2.30. The molecule has 0 atom stereocenters. The molecule has 0 aliphatic rings. The van der Waals surface area contributed by atoms with Gasteiger partial charge in [0.2, 0.25) is 0 Å². The van der Waals surface area contributed by atoms with Crippen LogP contribution < -0.4 is 10.2 Å². The minimum atomic E-state index is -2.98.